The van der Waals surface area contributed by atoms with E-state index >= 15 is 0 Å². The molecule has 0 unspecified atom stereocenters. The third-order valence-corrected chi connectivity index (χ3v) is 2.51. The molecule has 0 heterocycles. The zero-order chi connectivity index (χ0) is 12.8. The van der Waals surface area contributed by atoms with Crippen molar-refractivity contribution in [3.63, 3.8) is 0 Å². The van der Waals surface area contributed by atoms with E-state index in [-0.39, 0.29) is 11.1 Å². The molecule has 0 saturated carbocycles. The van der Waals surface area contributed by atoms with Crippen LogP contribution < -0.4 is 5.32 Å². The van der Waals surface area contributed by atoms with Crippen molar-refractivity contribution < 1.29 is 9.90 Å². The molecule has 1 aromatic rings. The second-order valence-corrected chi connectivity index (χ2v) is 3.78. The van der Waals surface area contributed by atoms with Gasteiger partial charge in [0.2, 0.25) is 0 Å². The van der Waals surface area contributed by atoms with Gasteiger partial charge in [-0.25, -0.2) is 4.79 Å². The van der Waals surface area contributed by atoms with Crippen LogP contribution >= 0.6 is 15.9 Å². The number of benzene rings is 1. The van der Waals surface area contributed by atoms with Crippen molar-refractivity contribution >= 4 is 27.6 Å². The van der Waals surface area contributed by atoms with Crippen molar-refractivity contribution in [2.45, 2.75) is 0 Å². The molecule has 0 bridgehead atoms. The zero-order valence-corrected chi connectivity index (χ0v) is 10.0. The third kappa shape index (κ3) is 3.33. The second kappa shape index (κ2) is 5.69. The van der Waals surface area contributed by atoms with Crippen LogP contribution in [-0.4, -0.2) is 11.1 Å². The third-order valence-electron chi connectivity index (χ3n) is 1.82. The number of nitrogens with zero attached hydrogens (tertiary/aromatic N) is 2. The van der Waals surface area contributed by atoms with Gasteiger partial charge < -0.3 is 10.4 Å². The fourth-order valence-corrected chi connectivity index (χ4v) is 1.44. The summed E-state index contributed by atoms with van der Waals surface area (Å²) in [7, 11) is 0. The average molecular weight is 292 g/mol. The number of aromatic carboxylic acids is 1. The van der Waals surface area contributed by atoms with Crippen molar-refractivity contribution in [1.29, 1.82) is 10.5 Å². The Hall–Kier alpha value is -2.31. The number of rotatable bonds is 3. The van der Waals surface area contributed by atoms with Gasteiger partial charge in [-0.15, -0.1) is 0 Å². The summed E-state index contributed by atoms with van der Waals surface area (Å²) in [5, 5.41) is 28.6. The van der Waals surface area contributed by atoms with Gasteiger partial charge in [0.25, 0.3) is 0 Å². The monoisotopic (exact) mass is 291 g/mol. The summed E-state index contributed by atoms with van der Waals surface area (Å²) >= 11 is 3.11. The van der Waals surface area contributed by atoms with Crippen LogP contribution in [0.3, 0.4) is 0 Å². The minimum Gasteiger partial charge on any atom is -0.478 e. The molecular formula is C11H6BrN3O2. The molecule has 0 aliphatic carbocycles. The molecule has 0 saturated heterocycles. The van der Waals surface area contributed by atoms with Crippen LogP contribution in [0.5, 0.6) is 0 Å². The quantitative estimate of drug-likeness (QED) is 0.834. The van der Waals surface area contributed by atoms with Gasteiger partial charge >= 0.3 is 5.97 Å². The molecule has 1 rings (SSSR count). The largest absolute Gasteiger partial charge is 0.478 e. The number of carboxylic acid groups (broad SMARTS) is 1. The summed E-state index contributed by atoms with van der Waals surface area (Å²) in [6.07, 6.45) is 1.22. The summed E-state index contributed by atoms with van der Waals surface area (Å²) in [4.78, 5) is 10.8. The van der Waals surface area contributed by atoms with Crippen molar-refractivity contribution in [3.8, 4) is 12.1 Å². The van der Waals surface area contributed by atoms with E-state index in [4.69, 9.17) is 15.6 Å². The standard InChI is InChI=1S/C11H6BrN3O2/c12-10-2-1-8(3-9(10)11(16)17)15-6-7(4-13)5-14/h1-3,6,15H,(H,16,17). The van der Waals surface area contributed by atoms with Crippen molar-refractivity contribution in [1.82, 2.24) is 0 Å². The van der Waals surface area contributed by atoms with Gasteiger partial charge in [0.1, 0.15) is 17.7 Å². The number of nitrogens with one attached hydrogen (secondary N) is 1. The lowest BCUT2D eigenvalue weighted by molar-refractivity contribution is 0.0696. The average Bonchev–Trinajstić information content (AvgIpc) is 2.32. The van der Waals surface area contributed by atoms with E-state index in [2.05, 4.69) is 21.2 Å². The molecule has 0 atom stereocenters. The predicted molar refractivity (Wildman–Crippen MR) is 64.0 cm³/mol. The zero-order valence-electron chi connectivity index (χ0n) is 8.44. The van der Waals surface area contributed by atoms with E-state index in [0.29, 0.717) is 10.2 Å². The van der Waals surface area contributed by atoms with Crippen LogP contribution in [0.1, 0.15) is 10.4 Å². The number of hydrogen-bond donors (Lipinski definition) is 2. The minimum absolute atomic E-state index is 0.0928. The highest BCUT2D eigenvalue weighted by molar-refractivity contribution is 9.10. The number of carbonyl (C=O) groups is 1. The number of halogens is 1. The Morgan fingerprint density at radius 2 is 2.06 bits per heavy atom. The Morgan fingerprint density at radius 1 is 1.41 bits per heavy atom. The SMILES string of the molecule is N#CC(C#N)=CNc1ccc(Br)c(C(=O)O)c1. The molecule has 0 spiro atoms. The molecule has 5 nitrogen and oxygen atoms in total. The molecule has 0 amide bonds. The first-order valence-corrected chi connectivity index (χ1v) is 5.17. The van der Waals surface area contributed by atoms with E-state index < -0.39 is 5.97 Å². The normalized spacial score (nSPS) is 8.65. The first kappa shape index (κ1) is 12.8. The lowest BCUT2D eigenvalue weighted by atomic mass is 10.2. The molecule has 84 valence electrons. The van der Waals surface area contributed by atoms with E-state index in [1.165, 1.54) is 12.3 Å². The highest BCUT2D eigenvalue weighted by Gasteiger charge is 2.08. The van der Waals surface area contributed by atoms with Gasteiger partial charge in [0, 0.05) is 16.4 Å². The highest BCUT2D eigenvalue weighted by Crippen LogP contribution is 2.21. The van der Waals surface area contributed by atoms with Gasteiger partial charge in [-0.1, -0.05) is 0 Å². The smallest absolute Gasteiger partial charge is 0.336 e. The van der Waals surface area contributed by atoms with Gasteiger partial charge in [0.15, 0.2) is 0 Å². The maximum Gasteiger partial charge on any atom is 0.336 e. The Morgan fingerprint density at radius 3 is 2.59 bits per heavy atom. The molecule has 2 N–H and O–H groups in total. The Kier molecular flexibility index (Phi) is 4.27. The van der Waals surface area contributed by atoms with Crippen LogP contribution in [-0.2, 0) is 0 Å². The van der Waals surface area contributed by atoms with Crippen molar-refractivity contribution in [2.75, 3.05) is 5.32 Å². The fourth-order valence-electron chi connectivity index (χ4n) is 1.02. The number of allylic oxidation sites excluding steroid dienone is 1. The Balaban J connectivity index is 3.00. The molecule has 17 heavy (non-hydrogen) atoms. The summed E-state index contributed by atoms with van der Waals surface area (Å²) in [5.41, 5.74) is 0.484. The summed E-state index contributed by atoms with van der Waals surface area (Å²) < 4.78 is 0.459. The van der Waals surface area contributed by atoms with Gasteiger partial charge in [-0.2, -0.15) is 10.5 Å². The number of nitriles is 2. The maximum atomic E-state index is 10.8. The maximum absolute atomic E-state index is 10.8. The summed E-state index contributed by atoms with van der Waals surface area (Å²) in [6.45, 7) is 0. The van der Waals surface area contributed by atoms with E-state index in [1.807, 2.05) is 0 Å². The predicted octanol–water partition coefficient (Wildman–Crippen LogP) is 2.49. The van der Waals surface area contributed by atoms with E-state index in [9.17, 15) is 4.79 Å². The first-order chi connectivity index (χ1) is 8.08. The topological polar surface area (TPSA) is 96.9 Å². The molecule has 0 aliphatic rings. The number of anilines is 1. The van der Waals surface area contributed by atoms with Crippen molar-refractivity contribution in [3.05, 3.63) is 40.0 Å². The summed E-state index contributed by atoms with van der Waals surface area (Å²) in [6, 6.07) is 7.96. The second-order valence-electron chi connectivity index (χ2n) is 2.93. The highest BCUT2D eigenvalue weighted by atomic mass is 79.9. The molecule has 6 heteroatoms. The summed E-state index contributed by atoms with van der Waals surface area (Å²) in [5.74, 6) is -1.06. The number of hydrogen-bond acceptors (Lipinski definition) is 4. The minimum atomic E-state index is -1.06. The fraction of sp³-hybridized carbons (Fsp3) is 0. The van der Waals surface area contributed by atoms with E-state index in [1.54, 1.807) is 24.3 Å². The van der Waals surface area contributed by atoms with Gasteiger partial charge in [-0.3, -0.25) is 0 Å². The first-order valence-electron chi connectivity index (χ1n) is 4.38. The lowest BCUT2D eigenvalue weighted by Crippen LogP contribution is -1.99. The van der Waals surface area contributed by atoms with Crippen LogP contribution in [0.4, 0.5) is 5.69 Å². The Bertz CT molecular complexity index is 551. The van der Waals surface area contributed by atoms with Gasteiger partial charge in [-0.05, 0) is 34.1 Å². The number of carboxylic acids is 1. The van der Waals surface area contributed by atoms with Crippen LogP contribution in [0.2, 0.25) is 0 Å². The molecule has 0 aromatic heterocycles. The van der Waals surface area contributed by atoms with Crippen molar-refractivity contribution in [2.24, 2.45) is 0 Å². The molecule has 0 aliphatic heterocycles. The molecule has 0 fully saturated rings. The van der Waals surface area contributed by atoms with Crippen LogP contribution in [0.15, 0.2) is 34.4 Å². The van der Waals surface area contributed by atoms with Crippen LogP contribution in [0.25, 0.3) is 0 Å². The molecule has 0 radical (unpaired) electrons. The molecule has 1 aromatic carbocycles. The lowest BCUT2D eigenvalue weighted by Gasteiger charge is -2.04. The Labute approximate surface area is 106 Å². The van der Waals surface area contributed by atoms with Crippen LogP contribution in [0, 0.1) is 22.7 Å². The van der Waals surface area contributed by atoms with E-state index in [0.717, 1.165) is 0 Å². The molecular weight excluding hydrogens is 286 g/mol. The van der Waals surface area contributed by atoms with Gasteiger partial charge in [0.05, 0.1) is 5.56 Å².